The van der Waals surface area contributed by atoms with Crippen LogP contribution in [0.2, 0.25) is 0 Å². The Morgan fingerprint density at radius 1 is 1.63 bits per heavy atom. The molecule has 0 spiro atoms. The molecule has 0 amide bonds. The maximum Gasteiger partial charge on any atom is 0.327 e. The van der Waals surface area contributed by atoms with Crippen LogP contribution in [-0.2, 0) is 16.0 Å². The number of nitrogens with one attached hydrogen (secondary N) is 1. The zero-order valence-corrected chi connectivity index (χ0v) is 11.1. The summed E-state index contributed by atoms with van der Waals surface area (Å²) in [5.74, 6) is 0.651. The predicted molar refractivity (Wildman–Crippen MR) is 73.2 cm³/mol. The van der Waals surface area contributed by atoms with E-state index in [1.165, 1.54) is 0 Å². The molecule has 102 valence electrons. The second-order valence-corrected chi connectivity index (χ2v) is 4.35. The third kappa shape index (κ3) is 3.15. The fourth-order valence-electron chi connectivity index (χ4n) is 2.15. The molecule has 1 N–H and O–H groups in total. The Bertz CT molecular complexity index is 470. The van der Waals surface area contributed by atoms with Gasteiger partial charge in [-0.15, -0.1) is 6.58 Å². The lowest BCUT2D eigenvalue weighted by Crippen LogP contribution is -2.30. The fourth-order valence-corrected chi connectivity index (χ4v) is 2.15. The summed E-state index contributed by atoms with van der Waals surface area (Å²) < 4.78 is 10.6. The molecule has 0 saturated heterocycles. The minimum absolute atomic E-state index is 0.261. The van der Waals surface area contributed by atoms with E-state index in [1.54, 1.807) is 13.0 Å². The van der Waals surface area contributed by atoms with E-state index in [4.69, 9.17) is 9.47 Å². The van der Waals surface area contributed by atoms with Crippen molar-refractivity contribution in [2.45, 2.75) is 19.4 Å². The zero-order valence-electron chi connectivity index (χ0n) is 11.1. The predicted octanol–water partition coefficient (Wildman–Crippen LogP) is 2.00. The van der Waals surface area contributed by atoms with Crippen molar-refractivity contribution in [3.63, 3.8) is 0 Å². The summed E-state index contributed by atoms with van der Waals surface area (Å²) in [4.78, 5) is 12.0. The maximum absolute atomic E-state index is 12.0. The molecule has 1 aromatic carbocycles. The highest BCUT2D eigenvalue weighted by molar-refractivity contribution is 5.78. The average molecular weight is 261 g/mol. The summed E-state index contributed by atoms with van der Waals surface area (Å²) in [6.07, 6.45) is 2.61. The number of hydrogen-bond donors (Lipinski definition) is 1. The molecule has 1 aromatic rings. The van der Waals surface area contributed by atoms with Crippen LogP contribution in [0.25, 0.3) is 0 Å². The van der Waals surface area contributed by atoms with Gasteiger partial charge < -0.3 is 9.47 Å². The first-order valence-electron chi connectivity index (χ1n) is 6.52. The van der Waals surface area contributed by atoms with Crippen molar-refractivity contribution in [2.75, 3.05) is 19.8 Å². The number of fused-ring (bicyclic) bond motifs is 1. The summed E-state index contributed by atoms with van der Waals surface area (Å²) in [5, 5.41) is 3.13. The van der Waals surface area contributed by atoms with E-state index in [0.717, 1.165) is 23.3 Å². The molecule has 0 bridgehead atoms. The summed E-state index contributed by atoms with van der Waals surface area (Å²) in [5.41, 5.74) is 2.05. The molecular weight excluding hydrogens is 242 g/mol. The number of esters is 1. The van der Waals surface area contributed by atoms with Crippen LogP contribution in [0.15, 0.2) is 30.9 Å². The SMILES string of the molecule is C=CCNC(C(=O)OCC)c1ccc2c(c1)CCO2. The molecule has 0 aromatic heterocycles. The van der Waals surface area contributed by atoms with Crippen LogP contribution in [0, 0.1) is 0 Å². The first-order valence-corrected chi connectivity index (χ1v) is 6.52. The van der Waals surface area contributed by atoms with E-state index >= 15 is 0 Å². The number of benzene rings is 1. The molecule has 1 heterocycles. The molecule has 0 fully saturated rings. The van der Waals surface area contributed by atoms with E-state index in [1.807, 2.05) is 18.2 Å². The number of carbonyl (C=O) groups is 1. The Hall–Kier alpha value is -1.81. The summed E-state index contributed by atoms with van der Waals surface area (Å²) in [6.45, 7) is 7.10. The van der Waals surface area contributed by atoms with Gasteiger partial charge in [-0.05, 0) is 30.2 Å². The highest BCUT2D eigenvalue weighted by Gasteiger charge is 2.23. The van der Waals surface area contributed by atoms with Crippen LogP contribution in [0.1, 0.15) is 24.1 Å². The van der Waals surface area contributed by atoms with E-state index < -0.39 is 6.04 Å². The second kappa shape index (κ2) is 6.38. The summed E-state index contributed by atoms with van der Waals surface area (Å²) in [7, 11) is 0. The number of carbonyl (C=O) groups excluding carboxylic acids is 1. The quantitative estimate of drug-likeness (QED) is 0.628. The van der Waals surface area contributed by atoms with E-state index in [2.05, 4.69) is 11.9 Å². The van der Waals surface area contributed by atoms with Gasteiger partial charge in [0.25, 0.3) is 0 Å². The fraction of sp³-hybridized carbons (Fsp3) is 0.400. The Morgan fingerprint density at radius 2 is 2.47 bits per heavy atom. The number of rotatable bonds is 6. The molecule has 1 aliphatic heterocycles. The van der Waals surface area contributed by atoms with Crippen molar-refractivity contribution >= 4 is 5.97 Å². The van der Waals surface area contributed by atoms with Gasteiger partial charge in [-0.2, -0.15) is 0 Å². The number of ether oxygens (including phenoxy) is 2. The van der Waals surface area contributed by atoms with Gasteiger partial charge in [-0.3, -0.25) is 5.32 Å². The third-order valence-corrected chi connectivity index (χ3v) is 3.04. The summed E-state index contributed by atoms with van der Waals surface area (Å²) >= 11 is 0. The van der Waals surface area contributed by atoms with Crippen LogP contribution in [0.5, 0.6) is 5.75 Å². The van der Waals surface area contributed by atoms with E-state index in [-0.39, 0.29) is 5.97 Å². The first kappa shape index (κ1) is 13.6. The topological polar surface area (TPSA) is 47.6 Å². The van der Waals surface area contributed by atoms with E-state index in [0.29, 0.717) is 19.8 Å². The normalized spacial score (nSPS) is 14.4. The molecule has 1 aliphatic rings. The molecule has 1 unspecified atom stereocenters. The van der Waals surface area contributed by atoms with Crippen LogP contribution in [-0.4, -0.2) is 25.7 Å². The van der Waals surface area contributed by atoms with E-state index in [9.17, 15) is 4.79 Å². The highest BCUT2D eigenvalue weighted by Crippen LogP contribution is 2.28. The lowest BCUT2D eigenvalue weighted by atomic mass is 10.0. The molecule has 0 radical (unpaired) electrons. The van der Waals surface area contributed by atoms with Gasteiger partial charge >= 0.3 is 5.97 Å². The van der Waals surface area contributed by atoms with Gasteiger partial charge in [-0.25, -0.2) is 4.79 Å². The summed E-state index contributed by atoms with van der Waals surface area (Å²) in [6, 6.07) is 5.38. The monoisotopic (exact) mass is 261 g/mol. The van der Waals surface area contributed by atoms with Gasteiger partial charge in [0.1, 0.15) is 11.8 Å². The highest BCUT2D eigenvalue weighted by atomic mass is 16.5. The van der Waals surface area contributed by atoms with Crippen molar-refractivity contribution < 1.29 is 14.3 Å². The Kier molecular flexibility index (Phi) is 4.58. The lowest BCUT2D eigenvalue weighted by molar-refractivity contribution is -0.145. The van der Waals surface area contributed by atoms with Crippen molar-refractivity contribution in [2.24, 2.45) is 0 Å². The molecule has 2 rings (SSSR count). The third-order valence-electron chi connectivity index (χ3n) is 3.04. The molecule has 0 saturated carbocycles. The van der Waals surface area contributed by atoms with Crippen LogP contribution in [0.4, 0.5) is 0 Å². The van der Waals surface area contributed by atoms with Crippen molar-refractivity contribution in [3.8, 4) is 5.75 Å². The Labute approximate surface area is 113 Å². The van der Waals surface area contributed by atoms with Gasteiger partial charge in [0.2, 0.25) is 0 Å². The van der Waals surface area contributed by atoms with Crippen LogP contribution in [0.3, 0.4) is 0 Å². The van der Waals surface area contributed by atoms with Gasteiger partial charge in [0.05, 0.1) is 13.2 Å². The molecule has 0 aliphatic carbocycles. The molecule has 4 heteroatoms. The molecule has 19 heavy (non-hydrogen) atoms. The lowest BCUT2D eigenvalue weighted by Gasteiger charge is -2.17. The maximum atomic E-state index is 12.0. The van der Waals surface area contributed by atoms with Crippen molar-refractivity contribution in [1.82, 2.24) is 5.32 Å². The number of hydrogen-bond acceptors (Lipinski definition) is 4. The minimum atomic E-state index is -0.455. The molecule has 1 atom stereocenters. The molecular formula is C15H19NO3. The second-order valence-electron chi connectivity index (χ2n) is 4.35. The largest absolute Gasteiger partial charge is 0.493 e. The van der Waals surface area contributed by atoms with Crippen molar-refractivity contribution in [3.05, 3.63) is 42.0 Å². The Balaban J connectivity index is 2.21. The van der Waals surface area contributed by atoms with Crippen LogP contribution < -0.4 is 10.1 Å². The smallest absolute Gasteiger partial charge is 0.327 e. The zero-order chi connectivity index (χ0) is 13.7. The van der Waals surface area contributed by atoms with Crippen molar-refractivity contribution in [1.29, 1.82) is 0 Å². The van der Waals surface area contributed by atoms with Gasteiger partial charge in [0.15, 0.2) is 0 Å². The molecule has 4 nitrogen and oxygen atoms in total. The standard InChI is InChI=1S/C15H19NO3/c1-3-8-16-14(15(17)18-4-2)12-5-6-13-11(10-12)7-9-19-13/h3,5-6,10,14,16H,1,4,7-9H2,2H3. The average Bonchev–Trinajstić information content (AvgIpc) is 2.87. The van der Waals surface area contributed by atoms with Crippen LogP contribution >= 0.6 is 0 Å². The minimum Gasteiger partial charge on any atom is -0.493 e. The van der Waals surface area contributed by atoms with Gasteiger partial charge in [-0.1, -0.05) is 12.1 Å². The first-order chi connectivity index (χ1) is 9.26. The Morgan fingerprint density at radius 3 is 3.21 bits per heavy atom. The van der Waals surface area contributed by atoms with Gasteiger partial charge in [0, 0.05) is 13.0 Å².